The van der Waals surface area contributed by atoms with Gasteiger partial charge in [0.25, 0.3) is 0 Å². The van der Waals surface area contributed by atoms with E-state index < -0.39 is 0 Å². The number of hydrogen-bond donors (Lipinski definition) is 1. The maximum absolute atomic E-state index is 5.93. The molecule has 1 heterocycles. The summed E-state index contributed by atoms with van der Waals surface area (Å²) in [4.78, 5) is 0. The second kappa shape index (κ2) is 9.01. The molecule has 4 rings (SSSR count). The third-order valence-corrected chi connectivity index (χ3v) is 5.24. The van der Waals surface area contributed by atoms with Gasteiger partial charge in [-0.2, -0.15) is 0 Å². The molecule has 0 bridgehead atoms. The lowest BCUT2D eigenvalue weighted by Crippen LogP contribution is -2.30. The molecule has 0 radical (unpaired) electrons. The van der Waals surface area contributed by atoms with E-state index in [1.54, 1.807) is 7.11 Å². The third-order valence-electron chi connectivity index (χ3n) is 5.24. The average Bonchev–Trinajstić information content (AvgIpc) is 2.78. The van der Waals surface area contributed by atoms with Crippen LogP contribution in [0.3, 0.4) is 0 Å². The Hall–Kier alpha value is -2.98. The molecule has 0 fully saturated rings. The predicted octanol–water partition coefficient (Wildman–Crippen LogP) is 4.91. The van der Waals surface area contributed by atoms with Gasteiger partial charge in [-0.05, 0) is 59.9 Å². The van der Waals surface area contributed by atoms with E-state index >= 15 is 0 Å². The zero-order valence-electron chi connectivity index (χ0n) is 17.0. The first kappa shape index (κ1) is 19.3. The van der Waals surface area contributed by atoms with Crippen molar-refractivity contribution in [2.75, 3.05) is 20.3 Å². The summed E-state index contributed by atoms with van der Waals surface area (Å²) in [6, 6.07) is 22.9. The van der Waals surface area contributed by atoms with Crippen LogP contribution >= 0.6 is 0 Å². The molecule has 0 aromatic heterocycles. The van der Waals surface area contributed by atoms with Crippen LogP contribution in [0.15, 0.2) is 66.7 Å². The molecule has 0 saturated carbocycles. The molecule has 4 heteroatoms. The Morgan fingerprint density at radius 3 is 2.45 bits per heavy atom. The van der Waals surface area contributed by atoms with E-state index in [2.05, 4.69) is 41.7 Å². The molecule has 4 nitrogen and oxygen atoms in total. The Morgan fingerprint density at radius 1 is 0.931 bits per heavy atom. The van der Waals surface area contributed by atoms with E-state index in [4.69, 9.17) is 14.2 Å². The van der Waals surface area contributed by atoms with E-state index in [1.807, 2.05) is 37.3 Å². The zero-order valence-corrected chi connectivity index (χ0v) is 17.0. The fraction of sp³-hybridized carbons (Fsp3) is 0.280. The molecule has 0 spiro atoms. The molecule has 1 atom stereocenters. The first-order valence-corrected chi connectivity index (χ1v) is 10.1. The first-order valence-electron chi connectivity index (χ1n) is 10.1. The predicted molar refractivity (Wildman–Crippen MR) is 115 cm³/mol. The van der Waals surface area contributed by atoms with Crippen LogP contribution < -0.4 is 19.5 Å². The highest BCUT2D eigenvalue weighted by atomic mass is 16.5. The highest BCUT2D eigenvalue weighted by molar-refractivity contribution is 5.52. The maximum Gasteiger partial charge on any atom is 0.161 e. The minimum atomic E-state index is 0.132. The molecule has 1 unspecified atom stereocenters. The molecule has 3 aromatic carbocycles. The molecular weight excluding hydrogens is 362 g/mol. The highest BCUT2D eigenvalue weighted by Crippen LogP contribution is 2.37. The normalized spacial score (nSPS) is 15.4. The van der Waals surface area contributed by atoms with Crippen LogP contribution in [0.2, 0.25) is 0 Å². The van der Waals surface area contributed by atoms with E-state index in [0.717, 1.165) is 35.8 Å². The maximum atomic E-state index is 5.93. The minimum absolute atomic E-state index is 0.132. The molecule has 0 amide bonds. The van der Waals surface area contributed by atoms with Gasteiger partial charge in [0, 0.05) is 6.54 Å². The van der Waals surface area contributed by atoms with Gasteiger partial charge in [0.2, 0.25) is 0 Å². The van der Waals surface area contributed by atoms with Crippen molar-refractivity contribution < 1.29 is 14.2 Å². The molecule has 3 aromatic rings. The van der Waals surface area contributed by atoms with Gasteiger partial charge in [-0.15, -0.1) is 0 Å². The molecule has 1 N–H and O–H groups in total. The van der Waals surface area contributed by atoms with Crippen molar-refractivity contribution in [3.05, 3.63) is 89.0 Å². The van der Waals surface area contributed by atoms with Crippen molar-refractivity contribution in [2.24, 2.45) is 0 Å². The lowest BCUT2D eigenvalue weighted by Gasteiger charge is -2.28. The Kier molecular flexibility index (Phi) is 6.01. The van der Waals surface area contributed by atoms with Crippen molar-refractivity contribution >= 4 is 0 Å². The lowest BCUT2D eigenvalue weighted by atomic mass is 9.89. The van der Waals surface area contributed by atoms with Gasteiger partial charge in [0.1, 0.15) is 12.4 Å². The fourth-order valence-electron chi connectivity index (χ4n) is 3.79. The topological polar surface area (TPSA) is 39.7 Å². The van der Waals surface area contributed by atoms with Crippen molar-refractivity contribution in [3.63, 3.8) is 0 Å². The molecular formula is C25H27NO3. The van der Waals surface area contributed by atoms with E-state index in [-0.39, 0.29) is 6.04 Å². The summed E-state index contributed by atoms with van der Waals surface area (Å²) in [6.45, 7) is 4.10. The SMILES string of the molecule is CCOc1cc2c(cc1OC)CCNC2c1ccc(OCc2ccccc2)cc1. The molecule has 0 saturated heterocycles. The summed E-state index contributed by atoms with van der Waals surface area (Å²) >= 11 is 0. The first-order chi connectivity index (χ1) is 14.3. The van der Waals surface area contributed by atoms with Crippen LogP contribution in [0.4, 0.5) is 0 Å². The molecule has 1 aliphatic heterocycles. The van der Waals surface area contributed by atoms with Crippen LogP contribution in [0.25, 0.3) is 0 Å². The average molecular weight is 389 g/mol. The summed E-state index contributed by atoms with van der Waals surface area (Å²) in [5.74, 6) is 2.47. The largest absolute Gasteiger partial charge is 0.493 e. The number of hydrogen-bond acceptors (Lipinski definition) is 4. The van der Waals surface area contributed by atoms with Gasteiger partial charge >= 0.3 is 0 Å². The summed E-state index contributed by atoms with van der Waals surface area (Å²) in [7, 11) is 1.69. The summed E-state index contributed by atoms with van der Waals surface area (Å²) in [5.41, 5.74) is 4.93. The van der Waals surface area contributed by atoms with Gasteiger partial charge < -0.3 is 19.5 Å². The standard InChI is InChI=1S/C25H27NO3/c1-3-28-24-16-22-20(15-23(24)27-2)13-14-26-25(22)19-9-11-21(12-10-19)29-17-18-7-5-4-6-8-18/h4-12,15-16,25-26H,3,13-14,17H2,1-2H3. The second-order valence-electron chi connectivity index (χ2n) is 7.12. The van der Waals surface area contributed by atoms with Crippen molar-refractivity contribution in [1.29, 1.82) is 0 Å². The van der Waals surface area contributed by atoms with Crippen molar-refractivity contribution in [2.45, 2.75) is 26.0 Å². The summed E-state index contributed by atoms with van der Waals surface area (Å²) in [6.07, 6.45) is 0.979. The smallest absolute Gasteiger partial charge is 0.161 e. The Labute approximate surface area is 172 Å². The van der Waals surface area contributed by atoms with E-state index in [1.165, 1.54) is 16.7 Å². The van der Waals surface area contributed by atoms with Crippen LogP contribution in [-0.2, 0) is 13.0 Å². The quantitative estimate of drug-likeness (QED) is 0.623. The summed E-state index contributed by atoms with van der Waals surface area (Å²) in [5, 5.41) is 3.64. The number of methoxy groups -OCH3 is 1. The minimum Gasteiger partial charge on any atom is -0.493 e. The molecule has 1 aliphatic rings. The van der Waals surface area contributed by atoms with Crippen molar-refractivity contribution in [3.8, 4) is 17.2 Å². The highest BCUT2D eigenvalue weighted by Gasteiger charge is 2.24. The second-order valence-corrected chi connectivity index (χ2v) is 7.12. The van der Waals surface area contributed by atoms with Gasteiger partial charge in [-0.1, -0.05) is 42.5 Å². The lowest BCUT2D eigenvalue weighted by molar-refractivity contribution is 0.306. The zero-order chi connectivity index (χ0) is 20.1. The van der Waals surface area contributed by atoms with E-state index in [9.17, 15) is 0 Å². The van der Waals surface area contributed by atoms with Crippen LogP contribution in [0.1, 0.15) is 35.2 Å². The number of rotatable bonds is 7. The van der Waals surface area contributed by atoms with Gasteiger partial charge in [0.15, 0.2) is 11.5 Å². The van der Waals surface area contributed by atoms with Crippen LogP contribution in [-0.4, -0.2) is 20.3 Å². The Balaban J connectivity index is 1.54. The van der Waals surface area contributed by atoms with E-state index in [0.29, 0.717) is 13.2 Å². The number of ether oxygens (including phenoxy) is 3. The van der Waals surface area contributed by atoms with Crippen molar-refractivity contribution in [1.82, 2.24) is 5.32 Å². The van der Waals surface area contributed by atoms with Crippen LogP contribution in [0.5, 0.6) is 17.2 Å². The van der Waals surface area contributed by atoms with Gasteiger partial charge in [0.05, 0.1) is 19.8 Å². The molecule has 29 heavy (non-hydrogen) atoms. The third kappa shape index (κ3) is 4.38. The van der Waals surface area contributed by atoms with Gasteiger partial charge in [-0.25, -0.2) is 0 Å². The number of nitrogens with one attached hydrogen (secondary N) is 1. The molecule has 0 aliphatic carbocycles. The number of benzene rings is 3. The Bertz CT molecular complexity index is 938. The number of fused-ring (bicyclic) bond motifs is 1. The summed E-state index contributed by atoms with van der Waals surface area (Å²) < 4.78 is 17.2. The fourth-order valence-corrected chi connectivity index (χ4v) is 3.79. The Morgan fingerprint density at radius 2 is 1.72 bits per heavy atom. The molecule has 150 valence electrons. The van der Waals surface area contributed by atoms with Gasteiger partial charge in [-0.3, -0.25) is 0 Å². The van der Waals surface area contributed by atoms with Crippen LogP contribution in [0, 0.1) is 0 Å². The monoisotopic (exact) mass is 389 g/mol.